The molecule has 0 unspecified atom stereocenters. The first-order chi connectivity index (χ1) is 12.7. The molecule has 0 aliphatic carbocycles. The number of para-hydroxylation sites is 1. The van der Waals surface area contributed by atoms with Gasteiger partial charge in [-0.15, -0.1) is 13.2 Å². The number of hydrogen-bond donors (Lipinski definition) is 0. The first-order valence-corrected chi connectivity index (χ1v) is 7.97. The lowest BCUT2D eigenvalue weighted by Gasteiger charge is -2.20. The van der Waals surface area contributed by atoms with Crippen LogP contribution in [0.5, 0.6) is 11.5 Å². The van der Waals surface area contributed by atoms with Crippen molar-refractivity contribution in [2.75, 3.05) is 13.7 Å². The molecule has 0 bridgehead atoms. The number of Topliss-reactive ketones (excluding diaryl/α,β-unsaturated/α-hetero) is 1. The van der Waals surface area contributed by atoms with Crippen LogP contribution in [0.3, 0.4) is 0 Å². The maximum Gasteiger partial charge on any atom is 0.573 e. The van der Waals surface area contributed by atoms with Crippen LogP contribution in [0.25, 0.3) is 0 Å². The summed E-state index contributed by atoms with van der Waals surface area (Å²) in [7, 11) is 1.45. The van der Waals surface area contributed by atoms with Gasteiger partial charge in [-0.25, -0.2) is 0 Å². The highest BCUT2D eigenvalue weighted by molar-refractivity contribution is 5.94. The van der Waals surface area contributed by atoms with Crippen LogP contribution in [-0.4, -0.2) is 36.6 Å². The number of benzene rings is 2. The summed E-state index contributed by atoms with van der Waals surface area (Å²) in [5.41, 5.74) is 0.663. The van der Waals surface area contributed by atoms with E-state index in [4.69, 9.17) is 4.74 Å². The fourth-order valence-corrected chi connectivity index (χ4v) is 2.26. The van der Waals surface area contributed by atoms with Crippen LogP contribution in [0, 0.1) is 0 Å². The molecule has 2 aromatic carbocycles. The Hall–Kier alpha value is -3.03. The number of alkyl halides is 3. The second-order valence-electron chi connectivity index (χ2n) is 5.78. The smallest absolute Gasteiger partial charge is 0.484 e. The fraction of sp³-hybridized carbons (Fsp3) is 0.263. The number of nitrogens with zero attached hydrogens (tertiary/aromatic N) is 1. The number of carbonyl (C=O) groups excluding carboxylic acids is 2. The molecular formula is C19H18F3NO4. The molecule has 2 aromatic rings. The topological polar surface area (TPSA) is 55.8 Å². The summed E-state index contributed by atoms with van der Waals surface area (Å²) in [5.74, 6) is -0.583. The molecule has 0 N–H and O–H groups in total. The Morgan fingerprint density at radius 3 is 2.44 bits per heavy atom. The molecule has 27 heavy (non-hydrogen) atoms. The van der Waals surface area contributed by atoms with Gasteiger partial charge in [0.1, 0.15) is 11.5 Å². The third kappa shape index (κ3) is 6.32. The Labute approximate surface area is 154 Å². The predicted molar refractivity (Wildman–Crippen MR) is 91.5 cm³/mol. The molecule has 1 amide bonds. The van der Waals surface area contributed by atoms with Gasteiger partial charge in [-0.3, -0.25) is 9.59 Å². The van der Waals surface area contributed by atoms with E-state index in [1.807, 2.05) is 0 Å². The van der Waals surface area contributed by atoms with E-state index in [2.05, 4.69) is 4.74 Å². The van der Waals surface area contributed by atoms with Crippen LogP contribution in [0.4, 0.5) is 13.2 Å². The highest BCUT2D eigenvalue weighted by Crippen LogP contribution is 2.27. The lowest BCUT2D eigenvalue weighted by molar-refractivity contribution is -0.275. The van der Waals surface area contributed by atoms with Gasteiger partial charge in [0.25, 0.3) is 5.91 Å². The van der Waals surface area contributed by atoms with Gasteiger partial charge < -0.3 is 14.4 Å². The first-order valence-electron chi connectivity index (χ1n) is 7.97. The van der Waals surface area contributed by atoms with Gasteiger partial charge in [0.15, 0.2) is 12.4 Å². The zero-order chi connectivity index (χ0) is 20.0. The number of ketones is 1. The third-order valence-corrected chi connectivity index (χ3v) is 3.63. The number of rotatable bonds is 7. The highest BCUT2D eigenvalue weighted by Gasteiger charge is 2.32. The van der Waals surface area contributed by atoms with Crippen LogP contribution >= 0.6 is 0 Å². The predicted octanol–water partition coefficient (Wildman–Crippen LogP) is 3.83. The summed E-state index contributed by atoms with van der Waals surface area (Å²) in [6.45, 7) is 1.01. The van der Waals surface area contributed by atoms with E-state index in [1.54, 1.807) is 24.3 Å². The largest absolute Gasteiger partial charge is 0.573 e. The average molecular weight is 381 g/mol. The Kier molecular flexibility index (Phi) is 6.44. The second-order valence-corrected chi connectivity index (χ2v) is 5.78. The standard InChI is InChI=1S/C19H18F3NO4/c1-13(24)14-7-5-8-16(10-14)26-12-18(25)23(2)11-15-6-3-4-9-17(15)27-19(20,21)22/h3-10H,11-12H2,1-2H3. The zero-order valence-corrected chi connectivity index (χ0v) is 14.7. The molecule has 0 spiro atoms. The quantitative estimate of drug-likeness (QED) is 0.684. The van der Waals surface area contributed by atoms with E-state index < -0.39 is 12.3 Å². The molecule has 0 saturated carbocycles. The summed E-state index contributed by atoms with van der Waals surface area (Å²) in [6, 6.07) is 12.0. The molecule has 0 aliphatic heterocycles. The third-order valence-electron chi connectivity index (χ3n) is 3.63. The van der Waals surface area contributed by atoms with E-state index >= 15 is 0 Å². The summed E-state index contributed by atoms with van der Waals surface area (Å²) >= 11 is 0. The molecule has 0 fully saturated rings. The maximum absolute atomic E-state index is 12.5. The van der Waals surface area contributed by atoms with Crippen LogP contribution in [-0.2, 0) is 11.3 Å². The molecular weight excluding hydrogens is 363 g/mol. The summed E-state index contributed by atoms with van der Waals surface area (Å²) in [5, 5.41) is 0. The van der Waals surface area contributed by atoms with Crippen LogP contribution in [0.2, 0.25) is 0 Å². The minimum atomic E-state index is -4.82. The van der Waals surface area contributed by atoms with Gasteiger partial charge in [0.2, 0.25) is 0 Å². The van der Waals surface area contributed by atoms with E-state index in [0.29, 0.717) is 11.3 Å². The molecule has 8 heteroatoms. The Morgan fingerprint density at radius 1 is 1.07 bits per heavy atom. The van der Waals surface area contributed by atoms with Gasteiger partial charge in [-0.05, 0) is 25.1 Å². The maximum atomic E-state index is 12.5. The van der Waals surface area contributed by atoms with Crippen molar-refractivity contribution in [1.82, 2.24) is 4.90 Å². The van der Waals surface area contributed by atoms with E-state index in [1.165, 1.54) is 43.1 Å². The van der Waals surface area contributed by atoms with Crippen LogP contribution < -0.4 is 9.47 Å². The van der Waals surface area contributed by atoms with Gasteiger partial charge in [-0.2, -0.15) is 0 Å². The lowest BCUT2D eigenvalue weighted by Crippen LogP contribution is -2.31. The Bertz CT molecular complexity index is 821. The molecule has 5 nitrogen and oxygen atoms in total. The van der Waals surface area contributed by atoms with Crippen molar-refractivity contribution < 1.29 is 32.2 Å². The second kappa shape index (κ2) is 8.57. The number of hydrogen-bond acceptors (Lipinski definition) is 4. The molecule has 144 valence electrons. The normalized spacial score (nSPS) is 11.0. The zero-order valence-electron chi connectivity index (χ0n) is 14.7. The van der Waals surface area contributed by atoms with Gasteiger partial charge in [0, 0.05) is 24.7 Å². The molecule has 0 saturated heterocycles. The van der Waals surface area contributed by atoms with Crippen molar-refractivity contribution in [2.24, 2.45) is 0 Å². The Balaban J connectivity index is 1.98. The molecule has 0 radical (unpaired) electrons. The summed E-state index contributed by atoms with van der Waals surface area (Å²) < 4.78 is 46.8. The highest BCUT2D eigenvalue weighted by atomic mass is 19.4. The molecule has 2 rings (SSSR count). The molecule has 0 aliphatic rings. The minimum Gasteiger partial charge on any atom is -0.484 e. The number of likely N-dealkylation sites (N-methyl/N-ethyl adjacent to an activating group) is 1. The van der Waals surface area contributed by atoms with Gasteiger partial charge >= 0.3 is 6.36 Å². The van der Waals surface area contributed by atoms with E-state index in [-0.39, 0.29) is 30.2 Å². The summed E-state index contributed by atoms with van der Waals surface area (Å²) in [6.07, 6.45) is -4.82. The number of halogens is 3. The van der Waals surface area contributed by atoms with Crippen LogP contribution in [0.15, 0.2) is 48.5 Å². The fourth-order valence-electron chi connectivity index (χ4n) is 2.26. The number of carbonyl (C=O) groups is 2. The van der Waals surface area contributed by atoms with Crippen molar-refractivity contribution >= 4 is 11.7 Å². The first kappa shape index (κ1) is 20.3. The van der Waals surface area contributed by atoms with Crippen molar-refractivity contribution in [3.05, 3.63) is 59.7 Å². The van der Waals surface area contributed by atoms with E-state index in [0.717, 1.165) is 0 Å². The molecule has 0 heterocycles. The van der Waals surface area contributed by atoms with Crippen molar-refractivity contribution in [3.63, 3.8) is 0 Å². The minimum absolute atomic E-state index is 0.0814. The van der Waals surface area contributed by atoms with Crippen LogP contribution in [0.1, 0.15) is 22.8 Å². The number of amides is 1. The van der Waals surface area contributed by atoms with Crippen molar-refractivity contribution in [1.29, 1.82) is 0 Å². The SMILES string of the molecule is CC(=O)c1cccc(OCC(=O)N(C)Cc2ccccc2OC(F)(F)F)c1. The Morgan fingerprint density at radius 2 is 1.78 bits per heavy atom. The van der Waals surface area contributed by atoms with Crippen molar-refractivity contribution in [3.8, 4) is 11.5 Å². The van der Waals surface area contributed by atoms with Gasteiger partial charge in [-0.1, -0.05) is 30.3 Å². The van der Waals surface area contributed by atoms with E-state index in [9.17, 15) is 22.8 Å². The molecule has 0 aromatic heterocycles. The lowest BCUT2D eigenvalue weighted by atomic mass is 10.1. The molecule has 0 atom stereocenters. The monoisotopic (exact) mass is 381 g/mol. The van der Waals surface area contributed by atoms with Crippen molar-refractivity contribution in [2.45, 2.75) is 19.8 Å². The summed E-state index contributed by atoms with van der Waals surface area (Å²) in [4.78, 5) is 24.8. The average Bonchev–Trinajstić information content (AvgIpc) is 2.60. The van der Waals surface area contributed by atoms with Gasteiger partial charge in [0.05, 0.1) is 0 Å². The number of ether oxygens (including phenoxy) is 2.